The van der Waals surface area contributed by atoms with Gasteiger partial charge in [-0.2, -0.15) is 0 Å². The van der Waals surface area contributed by atoms with E-state index in [1.165, 1.54) is 12.8 Å². The molecule has 0 saturated heterocycles. The Hall–Kier alpha value is -0.0700. The molecule has 1 rings (SSSR count). The van der Waals surface area contributed by atoms with Gasteiger partial charge in [-0.25, -0.2) is 4.39 Å². The molecular weight excluding hydrogens is 187 g/mol. The summed E-state index contributed by atoms with van der Waals surface area (Å²) in [5.74, 6) is 1.27. The Morgan fingerprint density at radius 2 is 1.87 bits per heavy atom. The molecule has 0 N–H and O–H groups in total. The van der Waals surface area contributed by atoms with Crippen LogP contribution in [0.2, 0.25) is 0 Å². The maximum absolute atomic E-state index is 14.4. The van der Waals surface area contributed by atoms with Gasteiger partial charge in [0.2, 0.25) is 0 Å². The van der Waals surface area contributed by atoms with E-state index < -0.39 is 6.17 Å². The van der Waals surface area contributed by atoms with E-state index in [0.29, 0.717) is 17.8 Å². The first-order valence-corrected chi connectivity index (χ1v) is 6.84. The smallest absolute Gasteiger partial charge is 0.106 e. The molecule has 15 heavy (non-hydrogen) atoms. The second kappa shape index (κ2) is 6.50. The Balaban J connectivity index is 2.61. The molecule has 90 valence electrons. The monoisotopic (exact) mass is 214 g/mol. The van der Waals surface area contributed by atoms with E-state index in [9.17, 15) is 4.39 Å². The van der Waals surface area contributed by atoms with Gasteiger partial charge >= 0.3 is 0 Å². The lowest BCUT2D eigenvalue weighted by molar-refractivity contribution is 0.106. The van der Waals surface area contributed by atoms with Crippen molar-refractivity contribution in [3.8, 4) is 0 Å². The van der Waals surface area contributed by atoms with Crippen LogP contribution in [0.3, 0.4) is 0 Å². The van der Waals surface area contributed by atoms with Gasteiger partial charge in [0.1, 0.15) is 6.17 Å². The van der Waals surface area contributed by atoms with Crippen LogP contribution in [0.15, 0.2) is 0 Å². The van der Waals surface area contributed by atoms with Gasteiger partial charge in [0.05, 0.1) is 0 Å². The first kappa shape index (κ1) is 13.0. The molecule has 1 fully saturated rings. The summed E-state index contributed by atoms with van der Waals surface area (Å²) in [6.45, 7) is 6.60. The molecule has 0 nitrogen and oxygen atoms in total. The molecule has 0 aromatic heterocycles. The van der Waals surface area contributed by atoms with Crippen molar-refractivity contribution in [3.05, 3.63) is 0 Å². The zero-order chi connectivity index (χ0) is 11.3. The summed E-state index contributed by atoms with van der Waals surface area (Å²) >= 11 is 0. The van der Waals surface area contributed by atoms with Crippen LogP contribution < -0.4 is 0 Å². The van der Waals surface area contributed by atoms with Crippen molar-refractivity contribution < 1.29 is 4.39 Å². The van der Waals surface area contributed by atoms with Crippen LogP contribution in [0.25, 0.3) is 0 Å². The highest BCUT2D eigenvalue weighted by atomic mass is 19.1. The molecule has 4 unspecified atom stereocenters. The fraction of sp³-hybridized carbons (Fsp3) is 1.00. The van der Waals surface area contributed by atoms with Crippen LogP contribution in [-0.4, -0.2) is 6.17 Å². The zero-order valence-electron chi connectivity index (χ0n) is 10.6. The van der Waals surface area contributed by atoms with Gasteiger partial charge in [-0.05, 0) is 37.0 Å². The molecule has 0 aliphatic heterocycles. The third-order valence-corrected chi connectivity index (χ3v) is 4.26. The Morgan fingerprint density at radius 1 is 1.20 bits per heavy atom. The molecular formula is C14H27F. The van der Waals surface area contributed by atoms with Gasteiger partial charge in [-0.3, -0.25) is 0 Å². The molecule has 0 radical (unpaired) electrons. The molecule has 1 heteroatoms. The van der Waals surface area contributed by atoms with E-state index in [1.54, 1.807) is 0 Å². The van der Waals surface area contributed by atoms with Crippen molar-refractivity contribution in [3.63, 3.8) is 0 Å². The topological polar surface area (TPSA) is 0 Å². The van der Waals surface area contributed by atoms with E-state index >= 15 is 0 Å². The lowest BCUT2D eigenvalue weighted by atomic mass is 9.80. The van der Waals surface area contributed by atoms with E-state index in [0.717, 1.165) is 32.1 Å². The van der Waals surface area contributed by atoms with Crippen molar-refractivity contribution in [2.75, 3.05) is 0 Å². The summed E-state index contributed by atoms with van der Waals surface area (Å²) in [6, 6.07) is 0. The maximum Gasteiger partial charge on any atom is 0.106 e. The Labute approximate surface area is 94.6 Å². The average Bonchev–Trinajstić information content (AvgIpc) is 2.42. The molecule has 0 aromatic carbocycles. The van der Waals surface area contributed by atoms with Crippen molar-refractivity contribution in [2.24, 2.45) is 17.8 Å². The predicted octanol–water partition coefficient (Wildman–Crippen LogP) is 4.98. The van der Waals surface area contributed by atoms with Crippen LogP contribution >= 0.6 is 0 Å². The summed E-state index contributed by atoms with van der Waals surface area (Å²) in [5, 5.41) is 0. The number of hydrogen-bond donors (Lipinski definition) is 0. The highest BCUT2D eigenvalue weighted by Crippen LogP contribution is 2.37. The standard InChI is InChI=1S/C14H27F/c1-4-8-12-9-6-7-10-13(14(12)15)11(3)5-2/h11-14H,4-10H2,1-3H3. The Morgan fingerprint density at radius 3 is 2.47 bits per heavy atom. The van der Waals surface area contributed by atoms with Gasteiger partial charge in [0, 0.05) is 0 Å². The second-order valence-corrected chi connectivity index (χ2v) is 5.33. The van der Waals surface area contributed by atoms with Crippen LogP contribution in [0.1, 0.15) is 65.7 Å². The lowest BCUT2D eigenvalue weighted by Gasteiger charge is -2.29. The minimum atomic E-state index is -0.526. The van der Waals surface area contributed by atoms with Crippen LogP contribution in [0.4, 0.5) is 4.39 Å². The molecule has 0 amide bonds. The fourth-order valence-corrected chi connectivity index (χ4v) is 3.03. The molecule has 1 aliphatic rings. The Kier molecular flexibility index (Phi) is 5.63. The summed E-state index contributed by atoms with van der Waals surface area (Å²) in [4.78, 5) is 0. The van der Waals surface area contributed by atoms with Crippen LogP contribution in [-0.2, 0) is 0 Å². The number of alkyl halides is 1. The number of halogens is 1. The first-order valence-electron chi connectivity index (χ1n) is 6.84. The van der Waals surface area contributed by atoms with Crippen LogP contribution in [0.5, 0.6) is 0 Å². The summed E-state index contributed by atoms with van der Waals surface area (Å²) in [7, 11) is 0. The molecule has 1 saturated carbocycles. The maximum atomic E-state index is 14.4. The molecule has 1 aliphatic carbocycles. The largest absolute Gasteiger partial charge is 0.247 e. The van der Waals surface area contributed by atoms with Crippen molar-refractivity contribution in [1.29, 1.82) is 0 Å². The highest BCUT2D eigenvalue weighted by molar-refractivity contribution is 4.82. The van der Waals surface area contributed by atoms with Gasteiger partial charge < -0.3 is 0 Å². The quantitative estimate of drug-likeness (QED) is 0.579. The van der Waals surface area contributed by atoms with E-state index in [1.807, 2.05) is 0 Å². The Bertz CT molecular complexity index is 167. The third kappa shape index (κ3) is 3.46. The minimum Gasteiger partial charge on any atom is -0.247 e. The van der Waals surface area contributed by atoms with E-state index in [4.69, 9.17) is 0 Å². The lowest BCUT2D eigenvalue weighted by Crippen LogP contribution is -2.28. The molecule has 0 spiro atoms. The molecule has 0 heterocycles. The highest BCUT2D eigenvalue weighted by Gasteiger charge is 2.33. The average molecular weight is 214 g/mol. The summed E-state index contributed by atoms with van der Waals surface area (Å²) in [5.41, 5.74) is 0. The van der Waals surface area contributed by atoms with Crippen molar-refractivity contribution in [1.82, 2.24) is 0 Å². The summed E-state index contributed by atoms with van der Waals surface area (Å²) in [6.07, 6.45) is 7.57. The molecule has 0 bridgehead atoms. The van der Waals surface area contributed by atoms with Crippen molar-refractivity contribution in [2.45, 2.75) is 71.9 Å². The summed E-state index contributed by atoms with van der Waals surface area (Å²) < 4.78 is 14.4. The minimum absolute atomic E-state index is 0.342. The number of rotatable bonds is 4. The van der Waals surface area contributed by atoms with Crippen LogP contribution in [0, 0.1) is 17.8 Å². The zero-order valence-corrected chi connectivity index (χ0v) is 10.6. The third-order valence-electron chi connectivity index (χ3n) is 4.26. The SMILES string of the molecule is CCCC1CCCCC(C(C)CC)C1F. The van der Waals surface area contributed by atoms with Gasteiger partial charge in [-0.1, -0.05) is 46.5 Å². The van der Waals surface area contributed by atoms with Gasteiger partial charge in [0.15, 0.2) is 0 Å². The number of hydrogen-bond acceptors (Lipinski definition) is 0. The van der Waals surface area contributed by atoms with Crippen molar-refractivity contribution >= 4 is 0 Å². The molecule has 4 atom stereocenters. The van der Waals surface area contributed by atoms with E-state index in [-0.39, 0.29) is 0 Å². The normalized spacial score (nSPS) is 34.8. The van der Waals surface area contributed by atoms with Gasteiger partial charge in [-0.15, -0.1) is 0 Å². The first-order chi connectivity index (χ1) is 7.20. The second-order valence-electron chi connectivity index (χ2n) is 5.33. The van der Waals surface area contributed by atoms with Gasteiger partial charge in [0.25, 0.3) is 0 Å². The van der Waals surface area contributed by atoms with E-state index in [2.05, 4.69) is 20.8 Å². The fourth-order valence-electron chi connectivity index (χ4n) is 3.03. The predicted molar refractivity (Wildman–Crippen MR) is 64.7 cm³/mol. The molecule has 0 aromatic rings.